The van der Waals surface area contributed by atoms with Crippen LogP contribution < -0.4 is 10.1 Å². The molecule has 0 aliphatic heterocycles. The molecule has 7 heteroatoms. The van der Waals surface area contributed by atoms with Gasteiger partial charge in [0.2, 0.25) is 0 Å². The summed E-state index contributed by atoms with van der Waals surface area (Å²) in [5, 5.41) is 6.93. The zero-order chi connectivity index (χ0) is 16.7. The molecule has 0 bridgehead atoms. The number of benzene rings is 1. The summed E-state index contributed by atoms with van der Waals surface area (Å²) >= 11 is 0. The van der Waals surface area contributed by atoms with Gasteiger partial charge < -0.3 is 19.7 Å². The molecule has 1 aromatic heterocycles. The molecule has 1 aromatic carbocycles. The van der Waals surface area contributed by atoms with Crippen LogP contribution in [0.5, 0.6) is 5.75 Å². The van der Waals surface area contributed by atoms with E-state index < -0.39 is 0 Å². The van der Waals surface area contributed by atoms with Crippen LogP contribution >= 0.6 is 0 Å². The van der Waals surface area contributed by atoms with Crippen LogP contribution in [0.1, 0.15) is 5.56 Å². The van der Waals surface area contributed by atoms with Crippen LogP contribution in [-0.2, 0) is 18.3 Å². The number of ether oxygens (including phenoxy) is 2. The van der Waals surface area contributed by atoms with Gasteiger partial charge in [0.1, 0.15) is 12.4 Å². The van der Waals surface area contributed by atoms with Crippen molar-refractivity contribution < 1.29 is 14.3 Å². The highest BCUT2D eigenvalue weighted by atomic mass is 16.5. The summed E-state index contributed by atoms with van der Waals surface area (Å²) in [4.78, 5) is 13.8. The minimum absolute atomic E-state index is 0.179. The monoisotopic (exact) mass is 318 g/mol. The molecule has 0 fully saturated rings. The maximum absolute atomic E-state index is 12.2. The van der Waals surface area contributed by atoms with E-state index in [1.54, 1.807) is 42.1 Å². The highest BCUT2D eigenvalue weighted by molar-refractivity contribution is 5.89. The molecule has 23 heavy (non-hydrogen) atoms. The van der Waals surface area contributed by atoms with Crippen molar-refractivity contribution in [2.75, 3.05) is 32.7 Å². The Morgan fingerprint density at radius 1 is 1.30 bits per heavy atom. The van der Waals surface area contributed by atoms with Gasteiger partial charge in [0, 0.05) is 38.7 Å². The Balaban J connectivity index is 1.84. The van der Waals surface area contributed by atoms with Crippen LogP contribution in [0.25, 0.3) is 0 Å². The largest absolute Gasteiger partial charge is 0.491 e. The first-order valence-corrected chi connectivity index (χ1v) is 7.30. The van der Waals surface area contributed by atoms with Gasteiger partial charge in [-0.3, -0.25) is 4.68 Å². The van der Waals surface area contributed by atoms with Crippen LogP contribution in [0, 0.1) is 0 Å². The molecule has 0 atom stereocenters. The van der Waals surface area contributed by atoms with Gasteiger partial charge in [-0.1, -0.05) is 0 Å². The number of nitrogens with one attached hydrogen (secondary N) is 1. The van der Waals surface area contributed by atoms with E-state index in [1.165, 1.54) is 0 Å². The van der Waals surface area contributed by atoms with Gasteiger partial charge in [0.25, 0.3) is 0 Å². The van der Waals surface area contributed by atoms with E-state index in [-0.39, 0.29) is 6.03 Å². The number of aryl methyl sites for hydroxylation is 1. The van der Waals surface area contributed by atoms with Gasteiger partial charge >= 0.3 is 6.03 Å². The smallest absolute Gasteiger partial charge is 0.321 e. The fourth-order valence-corrected chi connectivity index (χ4v) is 2.00. The number of amides is 2. The number of carbonyl (C=O) groups excluding carboxylic acids is 1. The number of nitrogens with zero attached hydrogens (tertiary/aromatic N) is 3. The number of aromatic nitrogens is 2. The standard InChI is InChI=1S/C16H22N4O3/c1-19(11-13-10-17-20(2)12-13)16(21)18-14-4-6-15(7-5-14)23-9-8-22-3/h4-7,10,12H,8-9,11H2,1-3H3,(H,18,21). The van der Waals surface area contributed by atoms with Crippen LogP contribution in [0.3, 0.4) is 0 Å². The van der Waals surface area contributed by atoms with Crippen molar-refractivity contribution in [2.45, 2.75) is 6.54 Å². The molecular weight excluding hydrogens is 296 g/mol. The molecule has 0 unspecified atom stereocenters. The lowest BCUT2D eigenvalue weighted by atomic mass is 10.3. The molecule has 124 valence electrons. The number of hydrogen-bond donors (Lipinski definition) is 1. The molecule has 1 heterocycles. The molecule has 0 aliphatic rings. The highest BCUT2D eigenvalue weighted by Crippen LogP contribution is 2.16. The van der Waals surface area contributed by atoms with Crippen LogP contribution in [0.15, 0.2) is 36.7 Å². The van der Waals surface area contributed by atoms with Gasteiger partial charge in [0.15, 0.2) is 0 Å². The van der Waals surface area contributed by atoms with E-state index in [1.807, 2.05) is 25.4 Å². The molecule has 0 aliphatic carbocycles. The average Bonchev–Trinajstić information content (AvgIpc) is 2.94. The molecule has 0 radical (unpaired) electrons. The van der Waals surface area contributed by atoms with Crippen LogP contribution in [0.2, 0.25) is 0 Å². The first-order valence-electron chi connectivity index (χ1n) is 7.30. The second-order valence-corrected chi connectivity index (χ2v) is 5.17. The maximum atomic E-state index is 12.2. The minimum Gasteiger partial charge on any atom is -0.491 e. The van der Waals surface area contributed by atoms with Crippen molar-refractivity contribution in [1.82, 2.24) is 14.7 Å². The van der Waals surface area contributed by atoms with Crippen molar-refractivity contribution in [2.24, 2.45) is 7.05 Å². The highest BCUT2D eigenvalue weighted by Gasteiger charge is 2.10. The number of rotatable bonds is 7. The van der Waals surface area contributed by atoms with Crippen molar-refractivity contribution in [3.63, 3.8) is 0 Å². The predicted molar refractivity (Wildman–Crippen MR) is 87.5 cm³/mol. The lowest BCUT2D eigenvalue weighted by Gasteiger charge is -2.17. The molecule has 0 saturated carbocycles. The zero-order valence-corrected chi connectivity index (χ0v) is 13.7. The molecular formula is C16H22N4O3. The van der Waals surface area contributed by atoms with Gasteiger partial charge in [-0.05, 0) is 24.3 Å². The van der Waals surface area contributed by atoms with E-state index in [0.29, 0.717) is 25.4 Å². The fraction of sp³-hybridized carbons (Fsp3) is 0.375. The first kappa shape index (κ1) is 16.8. The molecule has 2 aromatic rings. The van der Waals surface area contributed by atoms with Gasteiger partial charge in [-0.15, -0.1) is 0 Å². The first-order chi connectivity index (χ1) is 11.1. The minimum atomic E-state index is -0.179. The van der Waals surface area contributed by atoms with Gasteiger partial charge in [0.05, 0.1) is 19.3 Å². The van der Waals surface area contributed by atoms with E-state index >= 15 is 0 Å². The van der Waals surface area contributed by atoms with E-state index in [2.05, 4.69) is 10.4 Å². The number of hydrogen-bond acceptors (Lipinski definition) is 4. The number of carbonyl (C=O) groups is 1. The zero-order valence-electron chi connectivity index (χ0n) is 13.7. The molecule has 0 spiro atoms. The van der Waals surface area contributed by atoms with Crippen molar-refractivity contribution in [3.05, 3.63) is 42.2 Å². The Kier molecular flexibility index (Phi) is 5.99. The predicted octanol–water partition coefficient (Wildman–Crippen LogP) is 2.11. The normalized spacial score (nSPS) is 10.4. The number of urea groups is 1. The SMILES string of the molecule is COCCOc1ccc(NC(=O)N(C)Cc2cnn(C)c2)cc1. The average molecular weight is 318 g/mol. The summed E-state index contributed by atoms with van der Waals surface area (Å²) < 4.78 is 12.1. The summed E-state index contributed by atoms with van der Waals surface area (Å²) in [6.45, 7) is 1.53. The Morgan fingerprint density at radius 2 is 2.04 bits per heavy atom. The second kappa shape index (κ2) is 8.19. The third-order valence-corrected chi connectivity index (χ3v) is 3.19. The van der Waals surface area contributed by atoms with Crippen LogP contribution in [-0.4, -0.2) is 48.1 Å². The molecule has 2 rings (SSSR count). The maximum Gasteiger partial charge on any atom is 0.321 e. The Labute approximate surface area is 135 Å². The van der Waals surface area contributed by atoms with Gasteiger partial charge in [-0.2, -0.15) is 5.10 Å². The van der Waals surface area contributed by atoms with Crippen LogP contribution in [0.4, 0.5) is 10.5 Å². The summed E-state index contributed by atoms with van der Waals surface area (Å²) in [6, 6.07) is 7.05. The Bertz CT molecular complexity index is 625. The summed E-state index contributed by atoms with van der Waals surface area (Å²) in [5.74, 6) is 0.740. The lowest BCUT2D eigenvalue weighted by Crippen LogP contribution is -2.30. The van der Waals surface area contributed by atoms with E-state index in [4.69, 9.17) is 9.47 Å². The fourth-order valence-electron chi connectivity index (χ4n) is 2.00. The summed E-state index contributed by atoms with van der Waals surface area (Å²) in [7, 11) is 5.22. The molecule has 2 amide bonds. The summed E-state index contributed by atoms with van der Waals surface area (Å²) in [5.41, 5.74) is 1.69. The van der Waals surface area contributed by atoms with Crippen molar-refractivity contribution >= 4 is 11.7 Å². The van der Waals surface area contributed by atoms with Gasteiger partial charge in [-0.25, -0.2) is 4.79 Å². The number of anilines is 1. The molecule has 1 N–H and O–H groups in total. The lowest BCUT2D eigenvalue weighted by molar-refractivity contribution is 0.146. The molecule has 7 nitrogen and oxygen atoms in total. The number of methoxy groups -OCH3 is 1. The third kappa shape index (κ3) is 5.30. The Hall–Kier alpha value is -2.54. The third-order valence-electron chi connectivity index (χ3n) is 3.19. The summed E-state index contributed by atoms with van der Waals surface area (Å²) in [6.07, 6.45) is 3.63. The molecule has 0 saturated heterocycles. The van der Waals surface area contributed by atoms with Crippen molar-refractivity contribution in [1.29, 1.82) is 0 Å². The van der Waals surface area contributed by atoms with Crippen molar-refractivity contribution in [3.8, 4) is 5.75 Å². The quantitative estimate of drug-likeness (QED) is 0.794. The van der Waals surface area contributed by atoms with E-state index in [9.17, 15) is 4.79 Å². The second-order valence-electron chi connectivity index (χ2n) is 5.17. The topological polar surface area (TPSA) is 68.6 Å². The van der Waals surface area contributed by atoms with E-state index in [0.717, 1.165) is 11.3 Å². The Morgan fingerprint density at radius 3 is 2.65 bits per heavy atom.